The second-order valence-corrected chi connectivity index (χ2v) is 8.38. The summed E-state index contributed by atoms with van der Waals surface area (Å²) in [4.78, 5) is 0. The lowest BCUT2D eigenvalue weighted by Crippen LogP contribution is -1.83. The Bertz CT molecular complexity index is 1530. The molecule has 0 atom stereocenters. The van der Waals surface area contributed by atoms with Gasteiger partial charge in [0.25, 0.3) is 0 Å². The molecular formula is C26H15I. The van der Waals surface area contributed by atoms with Gasteiger partial charge in [0.2, 0.25) is 0 Å². The molecule has 0 spiro atoms. The van der Waals surface area contributed by atoms with Crippen molar-refractivity contribution in [3.63, 3.8) is 0 Å². The minimum Gasteiger partial charge on any atom is -0.0616 e. The van der Waals surface area contributed by atoms with Crippen molar-refractivity contribution in [2.45, 2.75) is 0 Å². The second kappa shape index (κ2) is 5.67. The predicted octanol–water partition coefficient (Wildman–Crippen LogP) is 8.06. The van der Waals surface area contributed by atoms with Crippen LogP contribution in [0.1, 0.15) is 0 Å². The van der Waals surface area contributed by atoms with Crippen LogP contribution in [-0.2, 0) is 0 Å². The van der Waals surface area contributed by atoms with Gasteiger partial charge < -0.3 is 0 Å². The van der Waals surface area contributed by atoms with Gasteiger partial charge in [-0.05, 0) is 119 Å². The number of benzene rings is 6. The number of halogens is 1. The molecule has 0 aliphatic carbocycles. The van der Waals surface area contributed by atoms with Crippen LogP contribution in [0.3, 0.4) is 0 Å². The summed E-state index contributed by atoms with van der Waals surface area (Å²) >= 11 is 2.44. The highest BCUT2D eigenvalue weighted by Gasteiger charge is 2.07. The maximum atomic E-state index is 2.44. The van der Waals surface area contributed by atoms with Crippen molar-refractivity contribution in [2.75, 3.05) is 0 Å². The first-order chi connectivity index (χ1) is 13.3. The van der Waals surface area contributed by atoms with E-state index in [1.54, 1.807) is 0 Å². The Kier molecular flexibility index (Phi) is 3.24. The average Bonchev–Trinajstić information content (AvgIpc) is 2.70. The first-order valence-corrected chi connectivity index (χ1v) is 10.2. The summed E-state index contributed by atoms with van der Waals surface area (Å²) < 4.78 is 1.30. The van der Waals surface area contributed by atoms with E-state index in [9.17, 15) is 0 Å². The van der Waals surface area contributed by atoms with Crippen LogP contribution in [0.5, 0.6) is 0 Å². The normalized spacial score (nSPS) is 11.9. The molecule has 0 fully saturated rings. The molecule has 0 amide bonds. The lowest BCUT2D eigenvalue weighted by Gasteiger charge is -2.10. The van der Waals surface area contributed by atoms with Gasteiger partial charge in [-0.25, -0.2) is 0 Å². The summed E-state index contributed by atoms with van der Waals surface area (Å²) in [6, 6.07) is 33.6. The highest BCUT2D eigenvalue weighted by atomic mass is 127. The molecule has 0 unspecified atom stereocenters. The third kappa shape index (κ3) is 2.35. The van der Waals surface area contributed by atoms with Gasteiger partial charge in [0.15, 0.2) is 0 Å². The molecule has 0 radical (unpaired) electrons. The molecule has 126 valence electrons. The molecule has 0 bridgehead atoms. The molecule has 0 aromatic heterocycles. The monoisotopic (exact) mass is 454 g/mol. The van der Waals surface area contributed by atoms with E-state index in [1.807, 2.05) is 0 Å². The van der Waals surface area contributed by atoms with E-state index in [1.165, 1.54) is 57.4 Å². The Labute approximate surface area is 170 Å². The van der Waals surface area contributed by atoms with Crippen molar-refractivity contribution in [3.05, 3.63) is 94.6 Å². The average molecular weight is 454 g/mol. The molecule has 27 heavy (non-hydrogen) atoms. The van der Waals surface area contributed by atoms with E-state index in [0.717, 1.165) is 0 Å². The standard InChI is InChI=1S/C26H15I/c27-26-7-3-6-18-12-19-8-9-20-13-21-10-16-4-1-2-5-17(16)11-22(21)14-23(20)24(19)15-25(18)26/h1-15H. The van der Waals surface area contributed by atoms with Crippen LogP contribution >= 0.6 is 22.6 Å². The molecule has 0 nitrogen and oxygen atoms in total. The van der Waals surface area contributed by atoms with Gasteiger partial charge in [0, 0.05) is 3.57 Å². The molecule has 0 heterocycles. The molecule has 6 rings (SSSR count). The molecule has 0 saturated heterocycles. The summed E-state index contributed by atoms with van der Waals surface area (Å²) in [5, 5.41) is 13.1. The summed E-state index contributed by atoms with van der Waals surface area (Å²) in [7, 11) is 0. The van der Waals surface area contributed by atoms with Gasteiger partial charge in [0.1, 0.15) is 0 Å². The van der Waals surface area contributed by atoms with Crippen molar-refractivity contribution in [2.24, 2.45) is 0 Å². The maximum Gasteiger partial charge on any atom is 0.0209 e. The van der Waals surface area contributed by atoms with E-state index in [0.29, 0.717) is 0 Å². The molecule has 6 aromatic carbocycles. The zero-order valence-electron chi connectivity index (χ0n) is 14.5. The van der Waals surface area contributed by atoms with Gasteiger partial charge >= 0.3 is 0 Å². The number of hydrogen-bond donors (Lipinski definition) is 0. The zero-order chi connectivity index (χ0) is 18.0. The largest absolute Gasteiger partial charge is 0.0616 e. The van der Waals surface area contributed by atoms with Crippen LogP contribution in [0.25, 0.3) is 53.9 Å². The van der Waals surface area contributed by atoms with E-state index < -0.39 is 0 Å². The van der Waals surface area contributed by atoms with E-state index >= 15 is 0 Å². The maximum absolute atomic E-state index is 2.44. The fourth-order valence-electron chi connectivity index (χ4n) is 4.24. The number of fused-ring (bicyclic) bond motifs is 6. The van der Waals surface area contributed by atoms with E-state index in [4.69, 9.17) is 0 Å². The zero-order valence-corrected chi connectivity index (χ0v) is 16.7. The molecule has 0 N–H and O–H groups in total. The van der Waals surface area contributed by atoms with Crippen LogP contribution < -0.4 is 0 Å². The van der Waals surface area contributed by atoms with Crippen molar-refractivity contribution in [1.82, 2.24) is 0 Å². The smallest absolute Gasteiger partial charge is 0.0209 e. The second-order valence-electron chi connectivity index (χ2n) is 7.22. The molecule has 0 saturated carbocycles. The summed E-state index contributed by atoms with van der Waals surface area (Å²) in [5.74, 6) is 0. The van der Waals surface area contributed by atoms with Gasteiger partial charge in [-0.15, -0.1) is 0 Å². The molecular weight excluding hydrogens is 439 g/mol. The summed E-state index contributed by atoms with van der Waals surface area (Å²) in [6.07, 6.45) is 0. The van der Waals surface area contributed by atoms with E-state index in [2.05, 4.69) is 114 Å². The SMILES string of the molecule is Ic1cccc2cc3ccc4cc5cc6ccccc6cc5cc4c3cc12. The number of rotatable bonds is 0. The third-order valence-corrected chi connectivity index (χ3v) is 6.54. The van der Waals surface area contributed by atoms with Gasteiger partial charge in [-0.3, -0.25) is 0 Å². The van der Waals surface area contributed by atoms with Crippen molar-refractivity contribution in [3.8, 4) is 0 Å². The van der Waals surface area contributed by atoms with Crippen molar-refractivity contribution < 1.29 is 0 Å². The van der Waals surface area contributed by atoms with Crippen molar-refractivity contribution >= 4 is 76.5 Å². The molecule has 0 aliphatic heterocycles. The highest BCUT2D eigenvalue weighted by Crippen LogP contribution is 2.34. The van der Waals surface area contributed by atoms with Crippen LogP contribution in [0.15, 0.2) is 91.0 Å². The summed E-state index contributed by atoms with van der Waals surface area (Å²) in [5.41, 5.74) is 0. The fraction of sp³-hybridized carbons (Fsp3) is 0. The quantitative estimate of drug-likeness (QED) is 0.124. The van der Waals surface area contributed by atoms with Gasteiger partial charge in [-0.2, -0.15) is 0 Å². The Morgan fingerprint density at radius 1 is 0.370 bits per heavy atom. The van der Waals surface area contributed by atoms with Crippen LogP contribution in [0, 0.1) is 3.57 Å². The van der Waals surface area contributed by atoms with E-state index in [-0.39, 0.29) is 0 Å². The number of hydrogen-bond acceptors (Lipinski definition) is 0. The highest BCUT2D eigenvalue weighted by molar-refractivity contribution is 14.1. The first kappa shape index (κ1) is 15.4. The minimum atomic E-state index is 1.30. The lowest BCUT2D eigenvalue weighted by atomic mass is 9.95. The first-order valence-electron chi connectivity index (χ1n) is 9.14. The van der Waals surface area contributed by atoms with Crippen LogP contribution in [0.4, 0.5) is 0 Å². The molecule has 0 aliphatic rings. The van der Waals surface area contributed by atoms with Gasteiger partial charge in [-0.1, -0.05) is 48.5 Å². The predicted molar refractivity (Wildman–Crippen MR) is 127 cm³/mol. The minimum absolute atomic E-state index is 1.30. The topological polar surface area (TPSA) is 0 Å². The Morgan fingerprint density at radius 3 is 1.63 bits per heavy atom. The van der Waals surface area contributed by atoms with Crippen molar-refractivity contribution in [1.29, 1.82) is 0 Å². The lowest BCUT2D eigenvalue weighted by molar-refractivity contribution is 1.74. The van der Waals surface area contributed by atoms with Crippen LogP contribution in [-0.4, -0.2) is 0 Å². The molecule has 6 aromatic rings. The Balaban J connectivity index is 1.78. The molecule has 1 heteroatoms. The third-order valence-electron chi connectivity index (χ3n) is 5.60. The van der Waals surface area contributed by atoms with Gasteiger partial charge in [0.05, 0.1) is 0 Å². The fourth-order valence-corrected chi connectivity index (χ4v) is 4.91. The van der Waals surface area contributed by atoms with Crippen LogP contribution in [0.2, 0.25) is 0 Å². The Morgan fingerprint density at radius 2 is 0.889 bits per heavy atom. The Hall–Kier alpha value is -2.65. The summed E-state index contributed by atoms with van der Waals surface area (Å²) in [6.45, 7) is 0.